The first-order valence-electron chi connectivity index (χ1n) is 5.99. The van der Waals surface area contributed by atoms with Gasteiger partial charge in [0.25, 0.3) is 0 Å². The molecule has 4 heteroatoms. The van der Waals surface area contributed by atoms with Crippen molar-refractivity contribution in [3.8, 4) is 0 Å². The predicted molar refractivity (Wildman–Crippen MR) is 74.8 cm³/mol. The van der Waals surface area contributed by atoms with Gasteiger partial charge in [-0.1, -0.05) is 12.1 Å². The molecule has 0 aliphatic rings. The fraction of sp³-hybridized carbons (Fsp3) is 0.200. The highest BCUT2D eigenvalue weighted by Crippen LogP contribution is 2.22. The normalized spacial score (nSPS) is 10.1. The molecular weight excluding hydrogens is 240 g/mol. The lowest BCUT2D eigenvalue weighted by molar-refractivity contribution is 0.0600. The Morgan fingerprint density at radius 3 is 2.79 bits per heavy atom. The summed E-state index contributed by atoms with van der Waals surface area (Å²) in [6, 6.07) is 9.32. The molecule has 0 amide bonds. The maximum atomic E-state index is 11.5. The van der Waals surface area contributed by atoms with Crippen LogP contribution in [0.25, 0.3) is 0 Å². The molecule has 0 saturated carbocycles. The number of carbonyl (C=O) groups is 1. The van der Waals surface area contributed by atoms with Crippen molar-refractivity contribution < 1.29 is 9.53 Å². The van der Waals surface area contributed by atoms with Gasteiger partial charge >= 0.3 is 5.97 Å². The summed E-state index contributed by atoms with van der Waals surface area (Å²) in [5.74, 6) is 0.253. The molecule has 1 aromatic heterocycles. The van der Waals surface area contributed by atoms with E-state index >= 15 is 0 Å². The second-order valence-electron chi connectivity index (χ2n) is 4.29. The fourth-order valence-corrected chi connectivity index (χ4v) is 1.77. The van der Waals surface area contributed by atoms with Crippen molar-refractivity contribution in [1.29, 1.82) is 0 Å². The molecule has 0 saturated heterocycles. The monoisotopic (exact) mass is 256 g/mol. The summed E-state index contributed by atoms with van der Waals surface area (Å²) in [6.45, 7) is 4.10. The average Bonchev–Trinajstić information content (AvgIpc) is 2.43. The zero-order chi connectivity index (χ0) is 13.8. The third kappa shape index (κ3) is 2.91. The largest absolute Gasteiger partial charge is 0.465 e. The molecule has 1 N–H and O–H groups in total. The second-order valence-corrected chi connectivity index (χ2v) is 4.29. The molecule has 2 aromatic rings. The van der Waals surface area contributed by atoms with Gasteiger partial charge in [-0.15, -0.1) is 0 Å². The summed E-state index contributed by atoms with van der Waals surface area (Å²) in [5, 5.41) is 3.21. The smallest absolute Gasteiger partial charge is 0.338 e. The highest BCUT2D eigenvalue weighted by Gasteiger charge is 2.07. The van der Waals surface area contributed by atoms with Gasteiger partial charge in [0.2, 0.25) is 0 Å². The number of anilines is 2. The van der Waals surface area contributed by atoms with Crippen molar-refractivity contribution in [3.05, 3.63) is 53.2 Å². The lowest BCUT2D eigenvalue weighted by atomic mass is 10.1. The van der Waals surface area contributed by atoms with Gasteiger partial charge in [-0.3, -0.25) is 0 Å². The first-order valence-corrected chi connectivity index (χ1v) is 5.99. The van der Waals surface area contributed by atoms with Crippen LogP contribution in [0.2, 0.25) is 0 Å². The third-order valence-electron chi connectivity index (χ3n) is 3.05. The first-order chi connectivity index (χ1) is 9.11. The van der Waals surface area contributed by atoms with Gasteiger partial charge in [0.15, 0.2) is 0 Å². The lowest BCUT2D eigenvalue weighted by Gasteiger charge is -2.11. The molecule has 0 aliphatic heterocycles. The molecule has 0 bridgehead atoms. The summed E-state index contributed by atoms with van der Waals surface area (Å²) in [7, 11) is 1.36. The maximum absolute atomic E-state index is 11.5. The molecular formula is C15H16N2O2. The van der Waals surface area contributed by atoms with Gasteiger partial charge in [0.1, 0.15) is 5.82 Å². The van der Waals surface area contributed by atoms with Crippen LogP contribution in [0, 0.1) is 13.8 Å². The van der Waals surface area contributed by atoms with Crippen LogP contribution in [0.1, 0.15) is 21.5 Å². The lowest BCUT2D eigenvalue weighted by Crippen LogP contribution is -2.03. The number of pyridine rings is 1. The Morgan fingerprint density at radius 1 is 1.26 bits per heavy atom. The first kappa shape index (κ1) is 13.1. The van der Waals surface area contributed by atoms with Crippen LogP contribution in [-0.4, -0.2) is 18.1 Å². The van der Waals surface area contributed by atoms with Crippen LogP contribution in [0.4, 0.5) is 11.5 Å². The van der Waals surface area contributed by atoms with Gasteiger partial charge < -0.3 is 10.1 Å². The quantitative estimate of drug-likeness (QED) is 0.857. The van der Waals surface area contributed by atoms with E-state index in [2.05, 4.69) is 28.0 Å². The number of nitrogens with zero attached hydrogens (tertiary/aromatic N) is 1. The minimum atomic E-state index is -0.369. The Labute approximate surface area is 112 Å². The molecule has 0 aliphatic carbocycles. The van der Waals surface area contributed by atoms with Crippen molar-refractivity contribution in [1.82, 2.24) is 4.98 Å². The van der Waals surface area contributed by atoms with Gasteiger partial charge in [-0.05, 0) is 43.2 Å². The Morgan fingerprint density at radius 2 is 2.05 bits per heavy atom. The van der Waals surface area contributed by atoms with Crippen LogP contribution >= 0.6 is 0 Å². The van der Waals surface area contributed by atoms with Crippen LogP contribution in [0.5, 0.6) is 0 Å². The topological polar surface area (TPSA) is 51.2 Å². The molecule has 19 heavy (non-hydrogen) atoms. The van der Waals surface area contributed by atoms with Crippen molar-refractivity contribution in [2.45, 2.75) is 13.8 Å². The number of carbonyl (C=O) groups excluding carboxylic acids is 1. The van der Waals surface area contributed by atoms with Gasteiger partial charge in [-0.2, -0.15) is 0 Å². The number of methoxy groups -OCH3 is 1. The molecule has 0 radical (unpaired) electrons. The van der Waals surface area contributed by atoms with E-state index in [-0.39, 0.29) is 5.97 Å². The van der Waals surface area contributed by atoms with Crippen LogP contribution in [0.15, 0.2) is 36.5 Å². The molecule has 4 nitrogen and oxygen atoms in total. The van der Waals surface area contributed by atoms with E-state index in [0.29, 0.717) is 11.4 Å². The number of rotatable bonds is 3. The number of hydrogen-bond donors (Lipinski definition) is 1. The third-order valence-corrected chi connectivity index (χ3v) is 3.05. The molecule has 0 fully saturated rings. The number of nitrogens with one attached hydrogen (secondary N) is 1. The molecule has 0 unspecified atom stereocenters. The highest BCUT2D eigenvalue weighted by atomic mass is 16.5. The van der Waals surface area contributed by atoms with Gasteiger partial charge in [0, 0.05) is 11.9 Å². The molecule has 1 aromatic carbocycles. The standard InChI is InChI=1S/C15H16N2O2/c1-10-5-4-6-13(11(10)2)17-14-9-12(7-8-16-14)15(18)19-3/h4-9H,1-3H3,(H,16,17). The van der Waals surface area contributed by atoms with E-state index in [1.54, 1.807) is 18.3 Å². The SMILES string of the molecule is COC(=O)c1ccnc(Nc2cccc(C)c2C)c1. The summed E-state index contributed by atoms with van der Waals surface area (Å²) >= 11 is 0. The molecule has 2 rings (SSSR count). The van der Waals surface area contributed by atoms with E-state index in [9.17, 15) is 4.79 Å². The number of aromatic nitrogens is 1. The van der Waals surface area contributed by atoms with E-state index in [4.69, 9.17) is 0 Å². The Bertz CT molecular complexity index is 609. The molecule has 0 spiro atoms. The average molecular weight is 256 g/mol. The minimum Gasteiger partial charge on any atom is -0.465 e. The summed E-state index contributed by atoms with van der Waals surface area (Å²) < 4.78 is 4.69. The number of ether oxygens (including phenoxy) is 1. The van der Waals surface area contributed by atoms with E-state index in [0.717, 1.165) is 11.3 Å². The number of hydrogen-bond acceptors (Lipinski definition) is 4. The maximum Gasteiger partial charge on any atom is 0.338 e. The summed E-state index contributed by atoms with van der Waals surface area (Å²) in [4.78, 5) is 15.7. The van der Waals surface area contributed by atoms with Crippen molar-refractivity contribution >= 4 is 17.5 Å². The van der Waals surface area contributed by atoms with E-state index in [1.807, 2.05) is 19.1 Å². The zero-order valence-electron chi connectivity index (χ0n) is 11.2. The number of esters is 1. The molecule has 0 atom stereocenters. The summed E-state index contributed by atoms with van der Waals surface area (Å²) in [5.41, 5.74) is 3.82. The van der Waals surface area contributed by atoms with Crippen molar-refractivity contribution in [2.75, 3.05) is 12.4 Å². The Balaban J connectivity index is 2.28. The molecule has 98 valence electrons. The summed E-state index contributed by atoms with van der Waals surface area (Å²) in [6.07, 6.45) is 1.58. The van der Waals surface area contributed by atoms with E-state index < -0.39 is 0 Å². The zero-order valence-corrected chi connectivity index (χ0v) is 11.2. The van der Waals surface area contributed by atoms with Crippen molar-refractivity contribution in [2.24, 2.45) is 0 Å². The Hall–Kier alpha value is -2.36. The Kier molecular flexibility index (Phi) is 3.80. The number of benzene rings is 1. The second kappa shape index (κ2) is 5.52. The number of aryl methyl sites for hydroxylation is 1. The van der Waals surface area contributed by atoms with Crippen LogP contribution in [-0.2, 0) is 4.74 Å². The highest BCUT2D eigenvalue weighted by molar-refractivity contribution is 5.90. The predicted octanol–water partition coefficient (Wildman–Crippen LogP) is 3.23. The van der Waals surface area contributed by atoms with Gasteiger partial charge in [0.05, 0.1) is 12.7 Å². The minimum absolute atomic E-state index is 0.369. The van der Waals surface area contributed by atoms with Crippen molar-refractivity contribution in [3.63, 3.8) is 0 Å². The molecule has 1 heterocycles. The van der Waals surface area contributed by atoms with Crippen LogP contribution in [0.3, 0.4) is 0 Å². The van der Waals surface area contributed by atoms with E-state index in [1.165, 1.54) is 12.7 Å². The van der Waals surface area contributed by atoms with Gasteiger partial charge in [-0.25, -0.2) is 9.78 Å². The van der Waals surface area contributed by atoms with Crippen LogP contribution < -0.4 is 5.32 Å². The fourth-order valence-electron chi connectivity index (χ4n) is 1.77.